The molecule has 0 atom stereocenters. The fourth-order valence-electron chi connectivity index (χ4n) is 0.463. The molecule has 0 aromatic heterocycles. The summed E-state index contributed by atoms with van der Waals surface area (Å²) in [5.74, 6) is -0.251. The first kappa shape index (κ1) is 9.21. The number of hydrogen-bond acceptors (Lipinski definition) is 0. The Morgan fingerprint density at radius 3 is 1.89 bits per heavy atom. The molecular weight excluding hydrogens is 125 g/mol. The van der Waals surface area contributed by atoms with Crippen LogP contribution in [0, 0.1) is 5.82 Å². The smallest absolute Gasteiger partial charge is 0.123 e. The van der Waals surface area contributed by atoms with E-state index in [9.17, 15) is 4.39 Å². The molecule has 0 nitrogen and oxygen atoms in total. The Morgan fingerprint density at radius 2 is 1.56 bits per heavy atom. The molecule has 0 aliphatic rings. The van der Waals surface area contributed by atoms with Gasteiger partial charge in [-0.3, -0.25) is 0 Å². The molecule has 0 heterocycles. The zero-order valence-electron chi connectivity index (χ0n) is 5.26. The van der Waals surface area contributed by atoms with Crippen LogP contribution in [0.1, 0.15) is 0 Å². The van der Waals surface area contributed by atoms with E-state index in [1.807, 2.05) is 0 Å². The van der Waals surface area contributed by atoms with E-state index in [-0.39, 0.29) is 35.4 Å². The first-order valence-electron chi connectivity index (χ1n) is 2.30. The van der Waals surface area contributed by atoms with Gasteiger partial charge in [0.05, 0.1) is 0 Å². The van der Waals surface area contributed by atoms with E-state index in [2.05, 4.69) is 0 Å². The minimum absolute atomic E-state index is 0. The van der Waals surface area contributed by atoms with Gasteiger partial charge in [-0.15, -0.1) is 0 Å². The average Bonchev–Trinajstić information content (AvgIpc) is 1.77. The van der Waals surface area contributed by atoms with Crippen LogP contribution in [0.2, 0.25) is 0 Å². The molecule has 0 aliphatic heterocycles. The Morgan fingerprint density at radius 1 is 1.11 bits per heavy atom. The van der Waals surface area contributed by atoms with Crippen LogP contribution in [0.4, 0.5) is 4.39 Å². The van der Waals surface area contributed by atoms with Crippen LogP contribution in [0.5, 0.6) is 0 Å². The van der Waals surface area contributed by atoms with E-state index in [0.717, 1.165) is 0 Å². The molecule has 39 valence electrons. The maximum Gasteiger partial charge on any atom is 0.123 e. The number of benzene rings is 1. The number of rotatable bonds is 0. The molecule has 1 aromatic carbocycles. The average molecular weight is 129 g/mol. The van der Waals surface area contributed by atoms with E-state index < -0.39 is 0 Å². The van der Waals surface area contributed by atoms with Gasteiger partial charge in [0.1, 0.15) is 13.7 Å². The summed E-state index contributed by atoms with van der Waals surface area (Å²) in [5, 5.41) is 0. The van der Waals surface area contributed by atoms with Gasteiger partial charge in [0, 0.05) is 29.6 Å². The second-order valence-electron chi connectivity index (χ2n) is 1.55. The molecule has 0 saturated carbocycles. The minimum atomic E-state index is -0.251. The van der Waals surface area contributed by atoms with E-state index in [0.29, 0.717) is 5.46 Å². The van der Waals surface area contributed by atoms with Crippen LogP contribution in [0.25, 0.3) is 0 Å². The van der Waals surface area contributed by atoms with Crippen molar-refractivity contribution in [2.45, 2.75) is 0 Å². The Bertz CT molecular complexity index is 152. The largest absolute Gasteiger partial charge is 0.207 e. The third-order valence-corrected chi connectivity index (χ3v) is 0.870. The van der Waals surface area contributed by atoms with Gasteiger partial charge in [0.2, 0.25) is 0 Å². The van der Waals surface area contributed by atoms with Gasteiger partial charge >= 0.3 is 0 Å². The molecular formula is C6H4BFNa. The summed E-state index contributed by atoms with van der Waals surface area (Å²) in [6.45, 7) is 0. The van der Waals surface area contributed by atoms with Crippen LogP contribution in [-0.2, 0) is 0 Å². The normalized spacial score (nSPS) is 8.11. The van der Waals surface area contributed by atoms with Crippen molar-refractivity contribution in [2.75, 3.05) is 0 Å². The van der Waals surface area contributed by atoms with E-state index in [1.54, 1.807) is 0 Å². The van der Waals surface area contributed by atoms with Crippen molar-refractivity contribution in [3.8, 4) is 0 Å². The number of halogens is 1. The van der Waals surface area contributed by atoms with Gasteiger partial charge in [-0.05, 0) is 12.1 Å². The summed E-state index contributed by atoms with van der Waals surface area (Å²) in [6.07, 6.45) is 0. The molecule has 9 heavy (non-hydrogen) atoms. The Balaban J connectivity index is 0.000000640. The van der Waals surface area contributed by atoms with Gasteiger partial charge in [-0.1, -0.05) is 17.6 Å². The van der Waals surface area contributed by atoms with Gasteiger partial charge in [0.25, 0.3) is 0 Å². The van der Waals surface area contributed by atoms with Crippen molar-refractivity contribution in [3.05, 3.63) is 30.1 Å². The summed E-state index contributed by atoms with van der Waals surface area (Å²) < 4.78 is 12.0. The molecule has 3 heteroatoms. The van der Waals surface area contributed by atoms with Crippen LogP contribution in [0.3, 0.4) is 0 Å². The van der Waals surface area contributed by atoms with Gasteiger partial charge < -0.3 is 0 Å². The molecule has 0 spiro atoms. The van der Waals surface area contributed by atoms with Crippen LogP contribution in [-0.4, -0.2) is 37.4 Å². The quantitative estimate of drug-likeness (QED) is 0.440. The van der Waals surface area contributed by atoms with Crippen molar-refractivity contribution in [1.29, 1.82) is 0 Å². The molecule has 0 N–H and O–H groups in total. The summed E-state index contributed by atoms with van der Waals surface area (Å²) in [6, 6.07) is 5.70. The van der Waals surface area contributed by atoms with Crippen LogP contribution >= 0.6 is 0 Å². The summed E-state index contributed by atoms with van der Waals surface area (Å²) in [7, 11) is 5.26. The fraction of sp³-hybridized carbons (Fsp3) is 0. The summed E-state index contributed by atoms with van der Waals surface area (Å²) in [5.41, 5.74) is 0.589. The monoisotopic (exact) mass is 129 g/mol. The molecule has 0 aliphatic carbocycles. The van der Waals surface area contributed by atoms with E-state index >= 15 is 0 Å². The minimum Gasteiger partial charge on any atom is -0.207 e. The molecule has 0 unspecified atom stereocenters. The van der Waals surface area contributed by atoms with E-state index in [4.69, 9.17) is 7.85 Å². The number of hydrogen-bond donors (Lipinski definition) is 0. The first-order chi connectivity index (χ1) is 3.79. The third-order valence-electron chi connectivity index (χ3n) is 0.870. The maximum atomic E-state index is 12.0. The second-order valence-corrected chi connectivity index (χ2v) is 1.55. The Labute approximate surface area is 77.2 Å². The Hall–Kier alpha value is 0.215. The SMILES string of the molecule is [B]c1ccc(F)cc1.[Na]. The molecule has 0 amide bonds. The maximum absolute atomic E-state index is 12.0. The zero-order chi connectivity index (χ0) is 5.98. The van der Waals surface area contributed by atoms with Gasteiger partial charge in [-0.2, -0.15) is 0 Å². The van der Waals surface area contributed by atoms with Crippen molar-refractivity contribution in [1.82, 2.24) is 0 Å². The van der Waals surface area contributed by atoms with Crippen molar-refractivity contribution in [3.63, 3.8) is 0 Å². The van der Waals surface area contributed by atoms with Crippen LogP contribution < -0.4 is 5.46 Å². The summed E-state index contributed by atoms with van der Waals surface area (Å²) >= 11 is 0. The molecule has 0 saturated heterocycles. The van der Waals surface area contributed by atoms with Crippen molar-refractivity contribution >= 4 is 42.9 Å². The first-order valence-corrected chi connectivity index (χ1v) is 2.30. The Kier molecular flexibility index (Phi) is 4.20. The topological polar surface area (TPSA) is 0 Å². The predicted molar refractivity (Wildman–Crippen MR) is 37.5 cm³/mol. The molecule has 0 fully saturated rings. The molecule has 3 radical (unpaired) electrons. The van der Waals surface area contributed by atoms with Gasteiger partial charge in [-0.25, -0.2) is 4.39 Å². The standard InChI is InChI=1S/C6H4BF.Na/c7-5-1-3-6(8)4-2-5;/h1-4H;. The summed E-state index contributed by atoms with van der Waals surface area (Å²) in [4.78, 5) is 0. The van der Waals surface area contributed by atoms with Crippen molar-refractivity contribution in [2.24, 2.45) is 0 Å². The fourth-order valence-corrected chi connectivity index (χ4v) is 0.463. The van der Waals surface area contributed by atoms with Crippen molar-refractivity contribution < 1.29 is 4.39 Å². The molecule has 1 aromatic rings. The molecule has 1 rings (SSSR count). The predicted octanol–water partition coefficient (Wildman–Crippen LogP) is 0.239. The molecule has 0 bridgehead atoms. The third kappa shape index (κ3) is 3.04. The zero-order valence-corrected chi connectivity index (χ0v) is 7.26. The van der Waals surface area contributed by atoms with Gasteiger partial charge in [0.15, 0.2) is 0 Å². The second kappa shape index (κ2) is 4.10. The van der Waals surface area contributed by atoms with Crippen LogP contribution in [0.15, 0.2) is 24.3 Å². The van der Waals surface area contributed by atoms with E-state index in [1.165, 1.54) is 24.3 Å².